The lowest BCUT2D eigenvalue weighted by molar-refractivity contribution is -0.124. The highest BCUT2D eigenvalue weighted by atomic mass is 16.1. The van der Waals surface area contributed by atoms with Crippen LogP contribution in [0.3, 0.4) is 0 Å². The van der Waals surface area contributed by atoms with Crippen LogP contribution in [0.4, 0.5) is 0 Å². The molecule has 0 N–H and O–H groups in total. The average Bonchev–Trinajstić information content (AvgIpc) is 2.72. The Kier molecular flexibility index (Phi) is 2.65. The minimum Gasteiger partial charge on any atom is -0.299 e. The number of carbonyl (C=O) groups is 1. The molecule has 0 aromatic rings. The van der Waals surface area contributed by atoms with Gasteiger partial charge in [0.05, 0.1) is 0 Å². The molecule has 3 rings (SSSR count). The van der Waals surface area contributed by atoms with Crippen LogP contribution in [0, 0.1) is 17.8 Å². The highest BCUT2D eigenvalue weighted by molar-refractivity contribution is 5.82. The first-order valence-electron chi connectivity index (χ1n) is 7.02. The molecule has 0 bridgehead atoms. The van der Waals surface area contributed by atoms with Gasteiger partial charge in [0.2, 0.25) is 0 Å². The number of ketones is 1. The second-order valence-electron chi connectivity index (χ2n) is 5.95. The van der Waals surface area contributed by atoms with Gasteiger partial charge in [-0.2, -0.15) is 0 Å². The van der Waals surface area contributed by atoms with Crippen molar-refractivity contribution in [2.24, 2.45) is 17.8 Å². The standard InChI is InChI=1S/C15H22O/c1-10-12-6-2-3-7-14(12)13-8-4-5-11(13)9-15(10)16/h10-12H,2-9H2,1H3/t10?,11-,12+/m0/s1. The van der Waals surface area contributed by atoms with E-state index in [0.717, 1.165) is 6.42 Å². The van der Waals surface area contributed by atoms with E-state index < -0.39 is 0 Å². The van der Waals surface area contributed by atoms with Crippen LogP contribution in [-0.4, -0.2) is 5.78 Å². The lowest BCUT2D eigenvalue weighted by Crippen LogP contribution is -2.23. The van der Waals surface area contributed by atoms with Gasteiger partial charge in [0, 0.05) is 12.3 Å². The number of allylic oxidation sites excluding steroid dienone is 2. The highest BCUT2D eigenvalue weighted by Crippen LogP contribution is 2.47. The van der Waals surface area contributed by atoms with Crippen molar-refractivity contribution < 1.29 is 4.79 Å². The van der Waals surface area contributed by atoms with E-state index in [-0.39, 0.29) is 0 Å². The molecule has 1 unspecified atom stereocenters. The van der Waals surface area contributed by atoms with Crippen LogP contribution >= 0.6 is 0 Å². The van der Waals surface area contributed by atoms with E-state index in [1.54, 1.807) is 11.1 Å². The van der Waals surface area contributed by atoms with Gasteiger partial charge >= 0.3 is 0 Å². The second kappa shape index (κ2) is 4.01. The number of carbonyl (C=O) groups excluding carboxylic acids is 1. The lowest BCUT2D eigenvalue weighted by Gasteiger charge is -2.29. The SMILES string of the molecule is CC1C(=O)C[C@@H]2CCCC2=C2CCCC[C@@H]21. The van der Waals surface area contributed by atoms with Crippen LogP contribution in [0.1, 0.15) is 58.3 Å². The van der Waals surface area contributed by atoms with E-state index in [1.165, 1.54) is 44.9 Å². The van der Waals surface area contributed by atoms with E-state index in [1.807, 2.05) is 0 Å². The fraction of sp³-hybridized carbons (Fsp3) is 0.800. The molecule has 88 valence electrons. The first kappa shape index (κ1) is 10.6. The molecule has 16 heavy (non-hydrogen) atoms. The highest BCUT2D eigenvalue weighted by Gasteiger charge is 2.38. The van der Waals surface area contributed by atoms with Crippen LogP contribution < -0.4 is 0 Å². The zero-order valence-corrected chi connectivity index (χ0v) is 10.3. The van der Waals surface area contributed by atoms with Crippen molar-refractivity contribution >= 4 is 5.78 Å². The Balaban J connectivity index is 2.01. The van der Waals surface area contributed by atoms with Gasteiger partial charge in [-0.25, -0.2) is 0 Å². The van der Waals surface area contributed by atoms with E-state index in [9.17, 15) is 4.79 Å². The quantitative estimate of drug-likeness (QED) is 0.564. The van der Waals surface area contributed by atoms with Crippen LogP contribution in [0.15, 0.2) is 11.1 Å². The number of hydrogen-bond donors (Lipinski definition) is 0. The number of Topliss-reactive ketones (excluding diaryl/α,β-unsaturated/α-hetero) is 1. The Labute approximate surface area is 98.3 Å². The van der Waals surface area contributed by atoms with Crippen molar-refractivity contribution in [1.29, 1.82) is 0 Å². The van der Waals surface area contributed by atoms with Crippen LogP contribution in [0.25, 0.3) is 0 Å². The Morgan fingerprint density at radius 3 is 2.69 bits per heavy atom. The molecule has 0 amide bonds. The van der Waals surface area contributed by atoms with Gasteiger partial charge in [-0.3, -0.25) is 4.79 Å². The monoisotopic (exact) mass is 218 g/mol. The first-order valence-corrected chi connectivity index (χ1v) is 7.02. The van der Waals surface area contributed by atoms with Crippen molar-refractivity contribution in [3.8, 4) is 0 Å². The molecule has 2 fully saturated rings. The average molecular weight is 218 g/mol. The molecule has 1 nitrogen and oxygen atoms in total. The molecule has 0 radical (unpaired) electrons. The normalized spacial score (nSPS) is 39.3. The third-order valence-electron chi connectivity index (χ3n) is 5.12. The lowest BCUT2D eigenvalue weighted by atomic mass is 9.75. The zero-order valence-electron chi connectivity index (χ0n) is 10.3. The Hall–Kier alpha value is -0.590. The number of rotatable bonds is 0. The molecule has 0 heterocycles. The van der Waals surface area contributed by atoms with Crippen molar-refractivity contribution in [2.45, 2.75) is 58.3 Å². The fourth-order valence-electron chi connectivity index (χ4n) is 4.21. The van der Waals surface area contributed by atoms with Crippen LogP contribution in [0.5, 0.6) is 0 Å². The summed E-state index contributed by atoms with van der Waals surface area (Å²) in [7, 11) is 0. The molecule has 0 saturated heterocycles. The van der Waals surface area contributed by atoms with Gasteiger partial charge < -0.3 is 0 Å². The predicted octanol–water partition coefficient (Wildman–Crippen LogP) is 3.88. The van der Waals surface area contributed by atoms with E-state index >= 15 is 0 Å². The van der Waals surface area contributed by atoms with Gasteiger partial charge in [-0.15, -0.1) is 0 Å². The van der Waals surface area contributed by atoms with E-state index in [0.29, 0.717) is 23.5 Å². The van der Waals surface area contributed by atoms with Crippen molar-refractivity contribution in [2.75, 3.05) is 0 Å². The zero-order chi connectivity index (χ0) is 11.1. The largest absolute Gasteiger partial charge is 0.299 e. The summed E-state index contributed by atoms with van der Waals surface area (Å²) in [6.45, 7) is 2.18. The number of hydrogen-bond acceptors (Lipinski definition) is 1. The Morgan fingerprint density at radius 2 is 1.81 bits per heavy atom. The molecule has 0 aliphatic heterocycles. The van der Waals surface area contributed by atoms with Crippen LogP contribution in [0.2, 0.25) is 0 Å². The summed E-state index contributed by atoms with van der Waals surface area (Å²) in [5, 5.41) is 0. The molecular formula is C15H22O. The maximum atomic E-state index is 12.2. The van der Waals surface area contributed by atoms with Crippen LogP contribution in [-0.2, 0) is 4.79 Å². The topological polar surface area (TPSA) is 17.1 Å². The maximum Gasteiger partial charge on any atom is 0.136 e. The third-order valence-corrected chi connectivity index (χ3v) is 5.12. The summed E-state index contributed by atoms with van der Waals surface area (Å²) in [6.07, 6.45) is 10.0. The molecular weight excluding hydrogens is 196 g/mol. The molecule has 1 heteroatoms. The fourth-order valence-corrected chi connectivity index (χ4v) is 4.21. The van der Waals surface area contributed by atoms with Gasteiger partial charge in [0.25, 0.3) is 0 Å². The summed E-state index contributed by atoms with van der Waals surface area (Å²) in [4.78, 5) is 12.2. The summed E-state index contributed by atoms with van der Waals surface area (Å²) < 4.78 is 0. The molecule has 0 aromatic heterocycles. The number of fused-ring (bicyclic) bond motifs is 2. The molecule has 3 aliphatic rings. The van der Waals surface area contributed by atoms with Crippen molar-refractivity contribution in [1.82, 2.24) is 0 Å². The minimum absolute atomic E-state index is 0.313. The predicted molar refractivity (Wildman–Crippen MR) is 65.1 cm³/mol. The third kappa shape index (κ3) is 1.56. The summed E-state index contributed by atoms with van der Waals surface area (Å²) >= 11 is 0. The molecule has 0 aromatic carbocycles. The van der Waals surface area contributed by atoms with Gasteiger partial charge in [-0.05, 0) is 50.4 Å². The Bertz CT molecular complexity index is 339. The van der Waals surface area contributed by atoms with E-state index in [4.69, 9.17) is 0 Å². The van der Waals surface area contributed by atoms with Gasteiger partial charge in [-0.1, -0.05) is 24.5 Å². The molecule has 3 atom stereocenters. The summed E-state index contributed by atoms with van der Waals surface area (Å²) in [5.41, 5.74) is 3.45. The second-order valence-corrected chi connectivity index (χ2v) is 5.95. The molecule has 0 spiro atoms. The van der Waals surface area contributed by atoms with Gasteiger partial charge in [0.1, 0.15) is 5.78 Å². The first-order chi connectivity index (χ1) is 7.77. The maximum absolute atomic E-state index is 12.2. The van der Waals surface area contributed by atoms with E-state index in [2.05, 4.69) is 6.92 Å². The van der Waals surface area contributed by atoms with Gasteiger partial charge in [0.15, 0.2) is 0 Å². The smallest absolute Gasteiger partial charge is 0.136 e. The van der Waals surface area contributed by atoms with Crippen molar-refractivity contribution in [3.63, 3.8) is 0 Å². The summed E-state index contributed by atoms with van der Waals surface area (Å²) in [6, 6.07) is 0. The molecule has 2 saturated carbocycles. The van der Waals surface area contributed by atoms with Crippen molar-refractivity contribution in [3.05, 3.63) is 11.1 Å². The Morgan fingerprint density at radius 1 is 1.00 bits per heavy atom. The molecule has 3 aliphatic carbocycles. The minimum atomic E-state index is 0.313. The summed E-state index contributed by atoms with van der Waals surface area (Å²) in [5.74, 6) is 2.13.